The second-order valence-electron chi connectivity index (χ2n) is 5.94. The molecule has 2 rings (SSSR count). The lowest BCUT2D eigenvalue weighted by atomic mass is 9.95. The van der Waals surface area contributed by atoms with Crippen molar-refractivity contribution in [3.05, 3.63) is 69.6 Å². The van der Waals surface area contributed by atoms with E-state index in [0.717, 1.165) is 20.5 Å². The van der Waals surface area contributed by atoms with Crippen molar-refractivity contribution in [3.8, 4) is 11.5 Å². The van der Waals surface area contributed by atoms with Gasteiger partial charge < -0.3 is 9.47 Å². The molecule has 0 aliphatic heterocycles. The zero-order valence-electron chi connectivity index (χ0n) is 13.5. The topological polar surface area (TPSA) is 18.5 Å². The van der Waals surface area contributed by atoms with Gasteiger partial charge in [-0.15, -0.1) is 0 Å². The molecule has 2 aromatic carbocycles. The molecule has 1 atom stereocenters. The van der Waals surface area contributed by atoms with Crippen molar-refractivity contribution in [2.24, 2.45) is 5.41 Å². The molecular formula is C19H19Br2IO2. The molecule has 2 nitrogen and oxygen atoms in total. The molecule has 2 aromatic rings. The fraction of sp³-hybridized carbons (Fsp3) is 0.263. The Hall–Kier alpha value is -0.370. The fourth-order valence-corrected chi connectivity index (χ4v) is 3.59. The normalized spacial score (nSPS) is 12.5. The van der Waals surface area contributed by atoms with Crippen molar-refractivity contribution in [1.29, 1.82) is 0 Å². The van der Waals surface area contributed by atoms with E-state index in [4.69, 9.17) is 9.47 Å². The molecule has 1 unspecified atom stereocenters. The van der Waals surface area contributed by atoms with E-state index in [1.165, 1.54) is 0 Å². The van der Waals surface area contributed by atoms with Gasteiger partial charge in [-0.25, -0.2) is 0 Å². The van der Waals surface area contributed by atoms with Crippen LogP contribution in [0.25, 0.3) is 0 Å². The summed E-state index contributed by atoms with van der Waals surface area (Å²) in [7, 11) is 0. The molecule has 0 spiro atoms. The molecule has 5 heteroatoms. The molecule has 0 saturated carbocycles. The number of ether oxygens (including phenoxy) is 2. The molecule has 0 heterocycles. The zero-order valence-corrected chi connectivity index (χ0v) is 18.8. The maximum atomic E-state index is 6.04. The number of alkyl halides is 1. The summed E-state index contributed by atoms with van der Waals surface area (Å²) in [4.78, 5) is 0. The van der Waals surface area contributed by atoms with Gasteiger partial charge in [0.15, 0.2) is 0 Å². The third kappa shape index (κ3) is 6.50. The second kappa shape index (κ2) is 9.36. The van der Waals surface area contributed by atoms with E-state index in [-0.39, 0.29) is 9.53 Å². The van der Waals surface area contributed by atoms with Gasteiger partial charge in [0.25, 0.3) is 0 Å². The van der Waals surface area contributed by atoms with Crippen molar-refractivity contribution >= 4 is 54.5 Å². The third-order valence-corrected chi connectivity index (χ3v) is 5.76. The van der Waals surface area contributed by atoms with E-state index < -0.39 is 0 Å². The van der Waals surface area contributed by atoms with E-state index in [2.05, 4.69) is 74.4 Å². The highest BCUT2D eigenvalue weighted by atomic mass is 127. The Morgan fingerprint density at radius 3 is 2.42 bits per heavy atom. The Morgan fingerprint density at radius 2 is 1.75 bits per heavy atom. The zero-order chi connectivity index (χ0) is 17.6. The maximum absolute atomic E-state index is 6.04. The first kappa shape index (κ1) is 19.9. The van der Waals surface area contributed by atoms with Gasteiger partial charge in [0.1, 0.15) is 15.6 Å². The molecule has 24 heavy (non-hydrogen) atoms. The molecule has 0 N–H and O–H groups in total. The largest absolute Gasteiger partial charge is 0.457 e. The molecule has 0 aromatic heterocycles. The highest BCUT2D eigenvalue weighted by Gasteiger charge is 2.26. The Labute approximate surface area is 174 Å². The highest BCUT2D eigenvalue weighted by Crippen LogP contribution is 2.34. The summed E-state index contributed by atoms with van der Waals surface area (Å²) in [6, 6.07) is 17.8. The van der Waals surface area contributed by atoms with Crippen molar-refractivity contribution in [3.63, 3.8) is 0 Å². The summed E-state index contributed by atoms with van der Waals surface area (Å²) in [5, 5.41) is 0. The number of halogens is 3. The van der Waals surface area contributed by atoms with Crippen LogP contribution in [0.15, 0.2) is 64.1 Å². The van der Waals surface area contributed by atoms with Gasteiger partial charge in [0.2, 0.25) is 0 Å². The van der Waals surface area contributed by atoms with Crippen LogP contribution in [0.3, 0.4) is 0 Å². The first-order valence-electron chi connectivity index (χ1n) is 7.48. The molecule has 128 valence electrons. The predicted molar refractivity (Wildman–Crippen MR) is 115 cm³/mol. The molecule has 0 bridgehead atoms. The van der Waals surface area contributed by atoms with E-state index in [1.54, 1.807) is 0 Å². The summed E-state index contributed by atoms with van der Waals surface area (Å²) in [6.45, 7) is 4.82. The van der Waals surface area contributed by atoms with Crippen molar-refractivity contribution in [1.82, 2.24) is 0 Å². The van der Waals surface area contributed by atoms with Crippen LogP contribution in [0.4, 0.5) is 0 Å². The number of hydrogen-bond acceptors (Lipinski definition) is 2. The van der Waals surface area contributed by atoms with Gasteiger partial charge in [-0.05, 0) is 61.7 Å². The molecule has 0 saturated heterocycles. The lowest BCUT2D eigenvalue weighted by molar-refractivity contribution is 0.0566. The average molecular weight is 566 g/mol. The third-order valence-electron chi connectivity index (χ3n) is 3.34. The molecule has 0 radical (unpaired) electrons. The van der Waals surface area contributed by atoms with Crippen LogP contribution in [0.2, 0.25) is 0 Å². The van der Waals surface area contributed by atoms with Gasteiger partial charge in [0.05, 0.1) is 10.00 Å². The standard InChI is InChI=1S/C19H19Br2IO2/c1-19(2,12-17(20)21)18(22)23-13-14-7-6-10-16(11-14)24-15-8-4-3-5-9-15/h3-12,18H,13H2,1-2H3. The Morgan fingerprint density at radius 1 is 1.08 bits per heavy atom. The average Bonchev–Trinajstić information content (AvgIpc) is 2.52. The van der Waals surface area contributed by atoms with Gasteiger partial charge in [-0.1, -0.05) is 72.8 Å². The second-order valence-corrected chi connectivity index (χ2v) is 9.85. The number of rotatable bonds is 7. The van der Waals surface area contributed by atoms with Gasteiger partial charge in [-0.3, -0.25) is 0 Å². The van der Waals surface area contributed by atoms with Crippen LogP contribution < -0.4 is 4.74 Å². The van der Waals surface area contributed by atoms with E-state index >= 15 is 0 Å². The SMILES string of the molecule is CC(C)(C=C(Br)Br)C(I)OCc1cccc(Oc2ccccc2)c1. The predicted octanol–water partition coefficient (Wildman–Crippen LogP) is 7.41. The van der Waals surface area contributed by atoms with Crippen LogP contribution in [-0.4, -0.2) is 4.11 Å². The molecule has 0 aliphatic carbocycles. The monoisotopic (exact) mass is 564 g/mol. The van der Waals surface area contributed by atoms with Crippen molar-refractivity contribution in [2.75, 3.05) is 0 Å². The van der Waals surface area contributed by atoms with Crippen molar-refractivity contribution < 1.29 is 9.47 Å². The summed E-state index contributed by atoms with van der Waals surface area (Å²) in [6.07, 6.45) is 2.10. The maximum Gasteiger partial charge on any atom is 0.127 e. The molecular weight excluding hydrogens is 547 g/mol. The van der Waals surface area contributed by atoms with Gasteiger partial charge >= 0.3 is 0 Å². The molecule has 0 amide bonds. The lowest BCUT2D eigenvalue weighted by Gasteiger charge is -2.27. The minimum absolute atomic E-state index is 0.0406. The lowest BCUT2D eigenvalue weighted by Crippen LogP contribution is -2.24. The molecule has 0 aliphatic rings. The first-order valence-corrected chi connectivity index (χ1v) is 10.3. The first-order chi connectivity index (χ1) is 11.4. The van der Waals surface area contributed by atoms with E-state index in [9.17, 15) is 0 Å². The molecule has 0 fully saturated rings. The number of benzene rings is 2. The van der Waals surface area contributed by atoms with Crippen LogP contribution >= 0.6 is 54.5 Å². The summed E-state index contributed by atoms with van der Waals surface area (Å²) in [5.41, 5.74) is 0.990. The fourth-order valence-electron chi connectivity index (χ4n) is 2.05. The van der Waals surface area contributed by atoms with E-state index in [0.29, 0.717) is 6.61 Å². The highest BCUT2D eigenvalue weighted by molar-refractivity contribution is 14.1. The van der Waals surface area contributed by atoms with E-state index in [1.807, 2.05) is 54.6 Å². The Bertz CT molecular complexity index is 683. The van der Waals surface area contributed by atoms with Crippen LogP contribution in [0.5, 0.6) is 11.5 Å². The van der Waals surface area contributed by atoms with Crippen LogP contribution in [0.1, 0.15) is 19.4 Å². The van der Waals surface area contributed by atoms with Crippen LogP contribution in [0, 0.1) is 5.41 Å². The summed E-state index contributed by atoms with van der Waals surface area (Å²) >= 11 is 9.17. The van der Waals surface area contributed by atoms with Gasteiger partial charge in [-0.2, -0.15) is 0 Å². The van der Waals surface area contributed by atoms with Crippen LogP contribution in [-0.2, 0) is 11.3 Å². The Balaban J connectivity index is 1.98. The quantitative estimate of drug-likeness (QED) is 0.257. The summed E-state index contributed by atoms with van der Waals surface area (Å²) in [5.74, 6) is 1.64. The number of hydrogen-bond donors (Lipinski definition) is 0. The van der Waals surface area contributed by atoms with Gasteiger partial charge in [0, 0.05) is 5.41 Å². The Kier molecular flexibility index (Phi) is 7.78. The summed E-state index contributed by atoms with van der Waals surface area (Å²) < 4.78 is 12.9. The van der Waals surface area contributed by atoms with Crippen molar-refractivity contribution in [2.45, 2.75) is 24.6 Å². The smallest absolute Gasteiger partial charge is 0.127 e. The number of para-hydroxylation sites is 1. The minimum Gasteiger partial charge on any atom is -0.457 e. The minimum atomic E-state index is -0.0962.